The molecule has 0 fully saturated rings. The Morgan fingerprint density at radius 2 is 1.94 bits per heavy atom. The summed E-state index contributed by atoms with van der Waals surface area (Å²) >= 11 is 0. The number of halogens is 4. The first kappa shape index (κ1) is 18.2. The maximum absolute atomic E-state index is 13.1. The molecule has 0 saturated carbocycles. The van der Waals surface area contributed by atoms with Crippen molar-refractivity contribution in [2.75, 3.05) is 6.61 Å². The Balaban J connectivity index is 0.00000289. The molecule has 1 rings (SSSR count). The smallest absolute Gasteiger partial charge is 0.493 e. The predicted octanol–water partition coefficient (Wildman–Crippen LogP) is 0.229. The second-order valence-corrected chi connectivity index (χ2v) is 3.54. The van der Waals surface area contributed by atoms with Crippen LogP contribution in [0, 0.1) is 5.82 Å². The standard InChI is InChI=1S/C11H12BF4O.K/c1-2-3-4-7-17-9-5-6-10(11(13)8-9)12(14,15)16;/h2,5-6,8H,1,3-4,7H2;/q-1;+1. The summed E-state index contributed by atoms with van der Waals surface area (Å²) in [4.78, 5) is 0. The second kappa shape index (κ2) is 8.37. The summed E-state index contributed by atoms with van der Waals surface area (Å²) in [5.41, 5.74) is -1.22. The fourth-order valence-electron chi connectivity index (χ4n) is 1.28. The first-order valence-corrected chi connectivity index (χ1v) is 5.18. The van der Waals surface area contributed by atoms with Gasteiger partial charge in [0.15, 0.2) is 0 Å². The molecule has 0 radical (unpaired) electrons. The average molecular weight is 286 g/mol. The van der Waals surface area contributed by atoms with Crippen LogP contribution < -0.4 is 61.6 Å². The van der Waals surface area contributed by atoms with Crippen LogP contribution in [0.5, 0.6) is 5.75 Å². The van der Waals surface area contributed by atoms with Crippen LogP contribution in [0.1, 0.15) is 12.8 Å². The summed E-state index contributed by atoms with van der Waals surface area (Å²) in [5, 5.41) is 0. The Morgan fingerprint density at radius 3 is 2.44 bits per heavy atom. The molecule has 0 heterocycles. The Labute approximate surface area is 146 Å². The zero-order valence-corrected chi connectivity index (χ0v) is 13.3. The number of benzene rings is 1. The van der Waals surface area contributed by atoms with E-state index in [0.29, 0.717) is 19.1 Å². The van der Waals surface area contributed by atoms with Gasteiger partial charge in [0.2, 0.25) is 0 Å². The van der Waals surface area contributed by atoms with Gasteiger partial charge in [0.25, 0.3) is 0 Å². The normalized spacial score (nSPS) is 10.7. The number of allylic oxidation sites excluding steroid dienone is 1. The van der Waals surface area contributed by atoms with Crippen LogP contribution in [-0.2, 0) is 0 Å². The summed E-state index contributed by atoms with van der Waals surface area (Å²) in [7, 11) is 0. The van der Waals surface area contributed by atoms with Crippen molar-refractivity contribution in [1.82, 2.24) is 0 Å². The summed E-state index contributed by atoms with van der Waals surface area (Å²) < 4.78 is 55.1. The number of ether oxygens (including phenoxy) is 1. The third-order valence-corrected chi connectivity index (χ3v) is 2.15. The van der Waals surface area contributed by atoms with Gasteiger partial charge in [-0.2, -0.15) is 0 Å². The molecule has 0 aliphatic carbocycles. The van der Waals surface area contributed by atoms with Crippen molar-refractivity contribution in [3.05, 3.63) is 36.7 Å². The van der Waals surface area contributed by atoms with Crippen LogP contribution in [-0.4, -0.2) is 13.6 Å². The van der Waals surface area contributed by atoms with E-state index >= 15 is 0 Å². The molecule has 1 aromatic carbocycles. The van der Waals surface area contributed by atoms with Crippen LogP contribution >= 0.6 is 0 Å². The maximum Gasteiger partial charge on any atom is 1.00 e. The zero-order valence-electron chi connectivity index (χ0n) is 10.1. The van der Waals surface area contributed by atoms with Gasteiger partial charge in [-0.15, -0.1) is 6.58 Å². The Morgan fingerprint density at radius 1 is 1.28 bits per heavy atom. The summed E-state index contributed by atoms with van der Waals surface area (Å²) in [6, 6.07) is 2.60. The van der Waals surface area contributed by atoms with E-state index in [1.54, 1.807) is 6.08 Å². The Hall–Kier alpha value is 0.181. The molecule has 7 heteroatoms. The second-order valence-electron chi connectivity index (χ2n) is 3.54. The number of unbranched alkanes of at least 4 members (excludes halogenated alkanes) is 1. The molecule has 1 aromatic rings. The minimum absolute atomic E-state index is 0. The van der Waals surface area contributed by atoms with E-state index in [0.717, 1.165) is 18.6 Å². The van der Waals surface area contributed by atoms with E-state index < -0.39 is 18.3 Å². The molecule has 0 bridgehead atoms. The Kier molecular flexibility index (Phi) is 8.46. The minimum Gasteiger partial charge on any atom is -0.493 e. The number of hydrogen-bond donors (Lipinski definition) is 0. The van der Waals surface area contributed by atoms with Gasteiger partial charge in [-0.25, -0.2) is 4.39 Å². The molecule has 1 nitrogen and oxygen atoms in total. The van der Waals surface area contributed by atoms with Gasteiger partial charge in [0, 0.05) is 6.07 Å². The molecular weight excluding hydrogens is 274 g/mol. The third-order valence-electron chi connectivity index (χ3n) is 2.15. The SMILES string of the molecule is C=CCCCOc1ccc([B-](F)(F)F)c(F)c1.[K+]. The van der Waals surface area contributed by atoms with Gasteiger partial charge >= 0.3 is 58.4 Å². The first-order chi connectivity index (χ1) is 7.95. The average Bonchev–Trinajstić information content (AvgIpc) is 2.23. The minimum atomic E-state index is -5.31. The Bertz CT molecular complexity index is 395. The third kappa shape index (κ3) is 5.88. The largest absolute Gasteiger partial charge is 1.00 e. The molecule has 0 aliphatic rings. The van der Waals surface area contributed by atoms with Crippen LogP contribution in [0.15, 0.2) is 30.9 Å². The van der Waals surface area contributed by atoms with Crippen molar-refractivity contribution in [1.29, 1.82) is 0 Å². The van der Waals surface area contributed by atoms with E-state index in [-0.39, 0.29) is 57.1 Å². The van der Waals surface area contributed by atoms with Crippen LogP contribution in [0.3, 0.4) is 0 Å². The summed E-state index contributed by atoms with van der Waals surface area (Å²) in [5.74, 6) is -1.19. The van der Waals surface area contributed by atoms with Crippen molar-refractivity contribution >= 4 is 12.4 Å². The van der Waals surface area contributed by atoms with Crippen molar-refractivity contribution < 1.29 is 73.5 Å². The topological polar surface area (TPSA) is 9.23 Å². The van der Waals surface area contributed by atoms with Gasteiger partial charge in [0.1, 0.15) is 5.75 Å². The number of hydrogen-bond acceptors (Lipinski definition) is 1. The van der Waals surface area contributed by atoms with Gasteiger partial charge < -0.3 is 17.7 Å². The molecule has 0 aliphatic heterocycles. The van der Waals surface area contributed by atoms with Crippen molar-refractivity contribution in [3.63, 3.8) is 0 Å². The van der Waals surface area contributed by atoms with E-state index in [9.17, 15) is 17.3 Å². The van der Waals surface area contributed by atoms with Crippen molar-refractivity contribution in [2.24, 2.45) is 0 Å². The van der Waals surface area contributed by atoms with E-state index in [4.69, 9.17) is 4.74 Å². The quantitative estimate of drug-likeness (QED) is 0.315. The monoisotopic (exact) mass is 286 g/mol. The summed E-state index contributed by atoms with van der Waals surface area (Å²) in [6.07, 6.45) is 3.14. The molecule has 0 spiro atoms. The molecule has 0 amide bonds. The van der Waals surface area contributed by atoms with Gasteiger partial charge in [-0.3, -0.25) is 0 Å². The maximum atomic E-state index is 13.1. The first-order valence-electron chi connectivity index (χ1n) is 5.18. The molecule has 0 saturated heterocycles. The fourth-order valence-corrected chi connectivity index (χ4v) is 1.28. The van der Waals surface area contributed by atoms with Gasteiger partial charge in [0.05, 0.1) is 12.4 Å². The molecule has 18 heavy (non-hydrogen) atoms. The molecule has 0 aromatic heterocycles. The molecule has 0 N–H and O–H groups in total. The zero-order chi connectivity index (χ0) is 12.9. The van der Waals surface area contributed by atoms with Crippen LogP contribution in [0.4, 0.5) is 17.3 Å². The van der Waals surface area contributed by atoms with Gasteiger partial charge in [-0.05, 0) is 18.9 Å². The van der Waals surface area contributed by atoms with Crippen LogP contribution in [0.2, 0.25) is 0 Å². The molecule has 94 valence electrons. The molecule has 0 atom stereocenters. The van der Waals surface area contributed by atoms with E-state index in [1.165, 1.54) is 0 Å². The van der Waals surface area contributed by atoms with E-state index in [2.05, 4.69) is 6.58 Å². The van der Waals surface area contributed by atoms with Crippen LogP contribution in [0.25, 0.3) is 0 Å². The fraction of sp³-hybridized carbons (Fsp3) is 0.273. The molecule has 0 unspecified atom stereocenters. The van der Waals surface area contributed by atoms with Crippen molar-refractivity contribution in [3.8, 4) is 5.75 Å². The van der Waals surface area contributed by atoms with Crippen molar-refractivity contribution in [2.45, 2.75) is 12.8 Å². The molecular formula is C11H12BF4KO. The summed E-state index contributed by atoms with van der Waals surface area (Å²) in [6.45, 7) is -1.47. The van der Waals surface area contributed by atoms with Gasteiger partial charge in [-0.1, -0.05) is 17.6 Å². The predicted molar refractivity (Wildman–Crippen MR) is 60.0 cm³/mol. The van der Waals surface area contributed by atoms with E-state index in [1.807, 2.05) is 0 Å². The number of rotatable bonds is 6.